The average molecular weight is 208 g/mol. The molecule has 0 atom stereocenters. The molecule has 0 saturated heterocycles. The van der Waals surface area contributed by atoms with Gasteiger partial charge in [-0.3, -0.25) is 0 Å². The first-order chi connectivity index (χ1) is 6.65. The molecule has 3 heteroatoms. The third-order valence-corrected chi connectivity index (χ3v) is 2.48. The summed E-state index contributed by atoms with van der Waals surface area (Å²) >= 11 is 5.00. The molecule has 1 rings (SSSR count). The maximum absolute atomic E-state index is 5.64. The Morgan fingerprint density at radius 2 is 2.07 bits per heavy atom. The topological polar surface area (TPSA) is 29.3 Å². The lowest BCUT2D eigenvalue weighted by molar-refractivity contribution is 0.345. The van der Waals surface area contributed by atoms with E-state index in [-0.39, 0.29) is 0 Å². The van der Waals surface area contributed by atoms with Crippen molar-refractivity contribution in [3.05, 3.63) is 35.4 Å². The van der Waals surface area contributed by atoms with Crippen molar-refractivity contribution in [2.24, 2.45) is 5.73 Å². The first-order valence-electron chi connectivity index (χ1n) is 4.71. The number of thiocarbonyl (C=S) groups is 1. The predicted molar refractivity (Wildman–Crippen MR) is 64.3 cm³/mol. The number of rotatable bonds is 4. The van der Waals surface area contributed by atoms with Crippen molar-refractivity contribution >= 4 is 17.2 Å². The molecular weight excluding hydrogens is 192 g/mol. The molecular formula is C11H16N2S. The highest BCUT2D eigenvalue weighted by Crippen LogP contribution is 2.10. The molecule has 0 spiro atoms. The van der Waals surface area contributed by atoms with Crippen molar-refractivity contribution in [2.45, 2.75) is 13.5 Å². The molecule has 2 N–H and O–H groups in total. The molecule has 1 aromatic carbocycles. The molecule has 76 valence electrons. The van der Waals surface area contributed by atoms with Crippen LogP contribution < -0.4 is 5.73 Å². The van der Waals surface area contributed by atoms with E-state index >= 15 is 0 Å². The minimum Gasteiger partial charge on any atom is -0.389 e. The summed E-state index contributed by atoms with van der Waals surface area (Å²) in [7, 11) is 2.08. The van der Waals surface area contributed by atoms with Crippen LogP contribution in [0.2, 0.25) is 0 Å². The molecule has 0 unspecified atom stereocenters. The van der Waals surface area contributed by atoms with Crippen molar-refractivity contribution in [1.29, 1.82) is 0 Å². The second-order valence-electron chi connectivity index (χ2n) is 3.35. The fourth-order valence-corrected chi connectivity index (χ4v) is 1.50. The SMILES string of the molecule is CCN(C)Cc1ccccc1C(N)=S. The Hall–Kier alpha value is -0.930. The molecule has 0 radical (unpaired) electrons. The molecule has 14 heavy (non-hydrogen) atoms. The van der Waals surface area contributed by atoms with Crippen LogP contribution in [0.3, 0.4) is 0 Å². The summed E-state index contributed by atoms with van der Waals surface area (Å²) < 4.78 is 0. The molecule has 0 bridgehead atoms. The third-order valence-electron chi connectivity index (χ3n) is 2.26. The molecule has 0 aliphatic rings. The summed E-state index contributed by atoms with van der Waals surface area (Å²) in [5.41, 5.74) is 7.83. The summed E-state index contributed by atoms with van der Waals surface area (Å²) in [6, 6.07) is 8.02. The van der Waals surface area contributed by atoms with E-state index in [4.69, 9.17) is 18.0 Å². The van der Waals surface area contributed by atoms with Gasteiger partial charge in [-0.25, -0.2) is 0 Å². The maximum atomic E-state index is 5.64. The molecule has 2 nitrogen and oxygen atoms in total. The van der Waals surface area contributed by atoms with Crippen LogP contribution in [0.15, 0.2) is 24.3 Å². The van der Waals surface area contributed by atoms with Gasteiger partial charge in [0.05, 0.1) is 0 Å². The number of hydrogen-bond donors (Lipinski definition) is 1. The van der Waals surface area contributed by atoms with Gasteiger partial charge in [-0.1, -0.05) is 43.4 Å². The highest BCUT2D eigenvalue weighted by atomic mass is 32.1. The van der Waals surface area contributed by atoms with E-state index in [1.54, 1.807) is 0 Å². The Kier molecular flexibility index (Phi) is 4.04. The van der Waals surface area contributed by atoms with Gasteiger partial charge >= 0.3 is 0 Å². The van der Waals surface area contributed by atoms with Gasteiger partial charge < -0.3 is 10.6 Å². The molecule has 0 heterocycles. The number of nitrogens with zero attached hydrogens (tertiary/aromatic N) is 1. The summed E-state index contributed by atoms with van der Waals surface area (Å²) in [6.45, 7) is 4.04. The van der Waals surface area contributed by atoms with Crippen LogP contribution in [0.1, 0.15) is 18.1 Å². The van der Waals surface area contributed by atoms with Crippen LogP contribution in [0.5, 0.6) is 0 Å². The molecule has 0 aliphatic heterocycles. The number of hydrogen-bond acceptors (Lipinski definition) is 2. The number of nitrogens with two attached hydrogens (primary N) is 1. The van der Waals surface area contributed by atoms with Crippen LogP contribution >= 0.6 is 12.2 Å². The van der Waals surface area contributed by atoms with E-state index in [1.807, 2.05) is 18.2 Å². The number of benzene rings is 1. The van der Waals surface area contributed by atoms with Crippen molar-refractivity contribution < 1.29 is 0 Å². The minimum absolute atomic E-state index is 0.477. The molecule has 0 amide bonds. The van der Waals surface area contributed by atoms with Gasteiger partial charge in [0.1, 0.15) is 4.99 Å². The second kappa shape index (κ2) is 5.08. The van der Waals surface area contributed by atoms with E-state index in [0.29, 0.717) is 4.99 Å². The second-order valence-corrected chi connectivity index (χ2v) is 3.79. The molecule has 0 aliphatic carbocycles. The normalized spacial score (nSPS) is 10.5. The van der Waals surface area contributed by atoms with Crippen molar-refractivity contribution in [1.82, 2.24) is 4.90 Å². The zero-order valence-electron chi connectivity index (χ0n) is 8.66. The van der Waals surface area contributed by atoms with Gasteiger partial charge in [0.15, 0.2) is 0 Å². The Bertz CT molecular complexity index is 323. The average Bonchev–Trinajstić information content (AvgIpc) is 2.18. The lowest BCUT2D eigenvalue weighted by Crippen LogP contribution is -2.20. The fraction of sp³-hybridized carbons (Fsp3) is 0.364. The van der Waals surface area contributed by atoms with Gasteiger partial charge in [0.25, 0.3) is 0 Å². The van der Waals surface area contributed by atoms with Crippen LogP contribution in [0.25, 0.3) is 0 Å². The monoisotopic (exact) mass is 208 g/mol. The van der Waals surface area contributed by atoms with Crippen LogP contribution in [-0.4, -0.2) is 23.5 Å². The van der Waals surface area contributed by atoms with Crippen molar-refractivity contribution in [2.75, 3.05) is 13.6 Å². The first-order valence-corrected chi connectivity index (χ1v) is 5.12. The van der Waals surface area contributed by atoms with Crippen molar-refractivity contribution in [3.8, 4) is 0 Å². The van der Waals surface area contributed by atoms with E-state index in [9.17, 15) is 0 Å². The van der Waals surface area contributed by atoms with E-state index in [0.717, 1.165) is 18.7 Å². The van der Waals surface area contributed by atoms with Crippen LogP contribution in [0.4, 0.5) is 0 Å². The quantitative estimate of drug-likeness (QED) is 0.765. The molecule has 0 fully saturated rings. The van der Waals surface area contributed by atoms with Gasteiger partial charge in [-0.2, -0.15) is 0 Å². The van der Waals surface area contributed by atoms with Gasteiger partial charge in [-0.05, 0) is 19.2 Å². The lowest BCUT2D eigenvalue weighted by Gasteiger charge is -2.16. The highest BCUT2D eigenvalue weighted by molar-refractivity contribution is 7.80. The Balaban J connectivity index is 2.90. The van der Waals surface area contributed by atoms with Gasteiger partial charge in [-0.15, -0.1) is 0 Å². The Morgan fingerprint density at radius 3 is 2.64 bits per heavy atom. The highest BCUT2D eigenvalue weighted by Gasteiger charge is 2.05. The fourth-order valence-electron chi connectivity index (χ4n) is 1.30. The first kappa shape index (κ1) is 11.1. The summed E-state index contributed by atoms with van der Waals surface area (Å²) in [6.07, 6.45) is 0. The van der Waals surface area contributed by atoms with E-state index in [1.165, 1.54) is 5.56 Å². The summed E-state index contributed by atoms with van der Waals surface area (Å²) in [5, 5.41) is 0. The minimum atomic E-state index is 0.477. The lowest BCUT2D eigenvalue weighted by atomic mass is 10.1. The zero-order chi connectivity index (χ0) is 10.6. The van der Waals surface area contributed by atoms with Crippen molar-refractivity contribution in [3.63, 3.8) is 0 Å². The molecule has 1 aromatic rings. The molecule has 0 saturated carbocycles. The van der Waals surface area contributed by atoms with Gasteiger partial charge in [0.2, 0.25) is 0 Å². The third kappa shape index (κ3) is 2.79. The molecule has 0 aromatic heterocycles. The standard InChI is InChI=1S/C11H16N2S/c1-3-13(2)8-9-6-4-5-7-10(9)11(12)14/h4-7H,3,8H2,1-2H3,(H2,12,14). The maximum Gasteiger partial charge on any atom is 0.104 e. The predicted octanol–water partition coefficient (Wildman–Crippen LogP) is 1.77. The Labute approximate surface area is 90.7 Å². The largest absolute Gasteiger partial charge is 0.389 e. The van der Waals surface area contributed by atoms with Gasteiger partial charge in [0, 0.05) is 12.1 Å². The zero-order valence-corrected chi connectivity index (χ0v) is 9.47. The van der Waals surface area contributed by atoms with E-state index in [2.05, 4.69) is 24.9 Å². The van der Waals surface area contributed by atoms with E-state index < -0.39 is 0 Å². The summed E-state index contributed by atoms with van der Waals surface area (Å²) in [5.74, 6) is 0. The smallest absolute Gasteiger partial charge is 0.104 e. The van der Waals surface area contributed by atoms with Crippen LogP contribution in [0, 0.1) is 0 Å². The Morgan fingerprint density at radius 1 is 1.43 bits per heavy atom. The summed E-state index contributed by atoms with van der Waals surface area (Å²) in [4.78, 5) is 2.70. The van der Waals surface area contributed by atoms with Crippen LogP contribution in [-0.2, 0) is 6.54 Å².